The van der Waals surface area contributed by atoms with Crippen molar-refractivity contribution in [1.29, 1.82) is 0 Å². The van der Waals surface area contributed by atoms with Crippen molar-refractivity contribution in [3.8, 4) is 0 Å². The van der Waals surface area contributed by atoms with Gasteiger partial charge in [0, 0.05) is 6.92 Å². The van der Waals surface area contributed by atoms with Crippen LogP contribution in [0.4, 0.5) is 5.13 Å². The third-order valence-electron chi connectivity index (χ3n) is 1.17. The van der Waals surface area contributed by atoms with E-state index in [4.69, 9.17) is 0 Å². The summed E-state index contributed by atoms with van der Waals surface area (Å²) in [6, 6.07) is 0. The van der Waals surface area contributed by atoms with Crippen molar-refractivity contribution in [1.82, 2.24) is 4.98 Å². The fourth-order valence-electron chi connectivity index (χ4n) is 0.534. The minimum Gasteiger partial charge on any atom is -0.357 e. The number of aromatic nitrogens is 1. The molecule has 0 atom stereocenters. The molecule has 1 aromatic rings. The number of nitro groups is 1. The van der Waals surface area contributed by atoms with Gasteiger partial charge in [0.25, 0.3) is 0 Å². The van der Waals surface area contributed by atoms with Crippen LogP contribution in [-0.2, 0) is 0 Å². The van der Waals surface area contributed by atoms with Crippen LogP contribution in [-0.4, -0.2) is 9.91 Å². The highest BCUT2D eigenvalue weighted by Crippen LogP contribution is 2.22. The number of hydrogen-bond donors (Lipinski definition) is 0. The summed E-state index contributed by atoms with van der Waals surface area (Å²) >= 11 is 1.11. The Morgan fingerprint density at radius 3 is 2.40 bits per heavy atom. The van der Waals surface area contributed by atoms with Crippen LogP contribution in [0.3, 0.4) is 0 Å². The molecule has 0 radical (unpaired) electrons. The fraction of sp³-hybridized carbons (Fsp3) is 0.400. The molecule has 1 rings (SSSR count). The highest BCUT2D eigenvalue weighted by Gasteiger charge is 2.14. The number of hydrogen-bond acceptors (Lipinski definition) is 4. The van der Waals surface area contributed by atoms with Crippen LogP contribution in [0.1, 0.15) is 10.6 Å². The van der Waals surface area contributed by atoms with Gasteiger partial charge in [-0.05, 0) is 28.2 Å². The third kappa shape index (κ3) is 1.13. The fourth-order valence-corrected chi connectivity index (χ4v) is 1.26. The van der Waals surface area contributed by atoms with E-state index in [1.807, 2.05) is 6.92 Å². The summed E-state index contributed by atoms with van der Waals surface area (Å²) in [5, 5.41) is 10.1. The van der Waals surface area contributed by atoms with E-state index in [0.29, 0.717) is 0 Å². The lowest BCUT2D eigenvalue weighted by atomic mass is 10.4. The van der Waals surface area contributed by atoms with Gasteiger partial charge in [0.1, 0.15) is 0 Å². The molecular formula is C5H6N2O2S. The second-order valence-corrected chi connectivity index (χ2v) is 3.08. The second kappa shape index (κ2) is 2.34. The van der Waals surface area contributed by atoms with E-state index in [9.17, 15) is 10.1 Å². The van der Waals surface area contributed by atoms with Gasteiger partial charge >= 0.3 is 5.13 Å². The topological polar surface area (TPSA) is 56.0 Å². The van der Waals surface area contributed by atoms with Crippen molar-refractivity contribution in [2.45, 2.75) is 13.8 Å². The number of rotatable bonds is 1. The number of nitrogens with zero attached hydrogens (tertiary/aromatic N) is 2. The van der Waals surface area contributed by atoms with Gasteiger partial charge in [0.2, 0.25) is 0 Å². The molecule has 0 amide bonds. The Bertz CT molecular complexity index is 249. The lowest BCUT2D eigenvalue weighted by Crippen LogP contribution is -1.85. The van der Waals surface area contributed by atoms with Crippen molar-refractivity contribution in [3.63, 3.8) is 0 Å². The van der Waals surface area contributed by atoms with Crippen LogP contribution in [0, 0.1) is 24.0 Å². The summed E-state index contributed by atoms with van der Waals surface area (Å²) in [4.78, 5) is 14.3. The zero-order valence-corrected chi connectivity index (χ0v) is 6.44. The Kier molecular flexibility index (Phi) is 1.67. The van der Waals surface area contributed by atoms with E-state index in [1.165, 1.54) is 0 Å². The van der Waals surface area contributed by atoms with Gasteiger partial charge in [-0.15, -0.1) is 0 Å². The van der Waals surface area contributed by atoms with E-state index < -0.39 is 4.92 Å². The minimum atomic E-state index is -0.468. The van der Waals surface area contributed by atoms with Gasteiger partial charge in [0.15, 0.2) is 5.69 Å². The Balaban J connectivity index is 3.10. The minimum absolute atomic E-state index is 0.0185. The molecule has 1 heterocycles. The Morgan fingerprint density at radius 2 is 2.20 bits per heavy atom. The first-order valence-electron chi connectivity index (χ1n) is 2.69. The highest BCUT2D eigenvalue weighted by molar-refractivity contribution is 7.14. The Labute approximate surface area is 61.7 Å². The quantitative estimate of drug-likeness (QED) is 0.461. The van der Waals surface area contributed by atoms with Crippen molar-refractivity contribution in [2.24, 2.45) is 0 Å². The summed E-state index contributed by atoms with van der Waals surface area (Å²) in [5.74, 6) is 0. The van der Waals surface area contributed by atoms with Crippen LogP contribution in [0.15, 0.2) is 0 Å². The summed E-state index contributed by atoms with van der Waals surface area (Å²) in [6.07, 6.45) is 0. The van der Waals surface area contributed by atoms with Gasteiger partial charge in [-0.2, -0.15) is 0 Å². The van der Waals surface area contributed by atoms with Crippen LogP contribution < -0.4 is 0 Å². The van der Waals surface area contributed by atoms with Crippen molar-refractivity contribution in [2.75, 3.05) is 0 Å². The first-order chi connectivity index (χ1) is 4.61. The normalized spacial score (nSPS) is 9.80. The molecule has 1 aromatic heterocycles. The molecule has 0 unspecified atom stereocenters. The van der Waals surface area contributed by atoms with Gasteiger partial charge in [-0.1, -0.05) is 0 Å². The Hall–Kier alpha value is -0.970. The number of thiazole rings is 1. The predicted octanol–water partition coefficient (Wildman–Crippen LogP) is 1.67. The molecule has 5 heteroatoms. The first-order valence-corrected chi connectivity index (χ1v) is 3.51. The predicted molar refractivity (Wildman–Crippen MR) is 38.2 cm³/mol. The van der Waals surface area contributed by atoms with Crippen LogP contribution in [0.5, 0.6) is 0 Å². The van der Waals surface area contributed by atoms with Crippen molar-refractivity contribution in [3.05, 3.63) is 20.7 Å². The average Bonchev–Trinajstić information content (AvgIpc) is 2.13. The molecule has 0 bridgehead atoms. The van der Waals surface area contributed by atoms with Crippen molar-refractivity contribution < 1.29 is 4.92 Å². The average molecular weight is 158 g/mol. The molecule has 0 spiro atoms. The molecule has 0 aromatic carbocycles. The van der Waals surface area contributed by atoms with Crippen LogP contribution >= 0.6 is 11.3 Å². The second-order valence-electron chi connectivity index (χ2n) is 1.90. The van der Waals surface area contributed by atoms with Gasteiger partial charge in [-0.25, -0.2) is 0 Å². The monoisotopic (exact) mass is 158 g/mol. The molecular weight excluding hydrogens is 152 g/mol. The maximum absolute atomic E-state index is 10.1. The maximum Gasteiger partial charge on any atom is 0.423 e. The zero-order valence-electron chi connectivity index (χ0n) is 5.62. The number of aryl methyl sites for hydroxylation is 2. The molecule has 10 heavy (non-hydrogen) atoms. The van der Waals surface area contributed by atoms with E-state index in [1.54, 1.807) is 6.92 Å². The largest absolute Gasteiger partial charge is 0.423 e. The Morgan fingerprint density at radius 1 is 1.60 bits per heavy atom. The standard InChI is InChI=1S/C5H6N2O2S/c1-3-4(2)10-5(6-3)7(8)9/h1-2H3. The molecule has 0 N–H and O–H groups in total. The summed E-state index contributed by atoms with van der Waals surface area (Å²) < 4.78 is 0. The van der Waals surface area contributed by atoms with Crippen molar-refractivity contribution >= 4 is 16.5 Å². The lowest BCUT2D eigenvalue weighted by molar-refractivity contribution is -0.384. The molecule has 54 valence electrons. The van der Waals surface area contributed by atoms with Crippen LogP contribution in [0.2, 0.25) is 0 Å². The molecule has 0 aliphatic carbocycles. The molecule has 4 nitrogen and oxygen atoms in total. The van der Waals surface area contributed by atoms with E-state index in [-0.39, 0.29) is 5.13 Å². The molecule has 0 fully saturated rings. The molecule has 0 aliphatic heterocycles. The van der Waals surface area contributed by atoms with Gasteiger partial charge in [-0.3, -0.25) is 0 Å². The lowest BCUT2D eigenvalue weighted by Gasteiger charge is -1.81. The molecule has 0 saturated carbocycles. The SMILES string of the molecule is Cc1nc([N+](=O)[O-])sc1C. The molecule has 0 aliphatic rings. The van der Waals surface area contributed by atoms with E-state index in [0.717, 1.165) is 21.9 Å². The summed E-state index contributed by atoms with van der Waals surface area (Å²) in [6.45, 7) is 3.58. The molecule has 0 saturated heterocycles. The highest BCUT2D eigenvalue weighted by atomic mass is 32.1. The first kappa shape index (κ1) is 7.14. The summed E-state index contributed by atoms with van der Waals surface area (Å²) in [7, 11) is 0. The van der Waals surface area contributed by atoms with Gasteiger partial charge < -0.3 is 10.1 Å². The van der Waals surface area contributed by atoms with E-state index in [2.05, 4.69) is 4.98 Å². The van der Waals surface area contributed by atoms with Crippen LogP contribution in [0.25, 0.3) is 0 Å². The smallest absolute Gasteiger partial charge is 0.357 e. The third-order valence-corrected chi connectivity index (χ3v) is 2.20. The maximum atomic E-state index is 10.1. The van der Waals surface area contributed by atoms with E-state index >= 15 is 0 Å². The van der Waals surface area contributed by atoms with Gasteiger partial charge in [0.05, 0.1) is 4.88 Å². The zero-order chi connectivity index (χ0) is 7.72. The summed E-state index contributed by atoms with van der Waals surface area (Å²) in [5.41, 5.74) is 0.747.